The van der Waals surface area contributed by atoms with Crippen molar-refractivity contribution >= 4 is 27.5 Å². The van der Waals surface area contributed by atoms with Gasteiger partial charge in [0.2, 0.25) is 5.91 Å². The summed E-state index contributed by atoms with van der Waals surface area (Å²) < 4.78 is 13.5. The van der Waals surface area contributed by atoms with Crippen LogP contribution in [0.4, 0.5) is 10.1 Å². The second kappa shape index (κ2) is 5.96. The summed E-state index contributed by atoms with van der Waals surface area (Å²) in [6.45, 7) is 2.18. The van der Waals surface area contributed by atoms with Crippen molar-refractivity contribution in [3.8, 4) is 0 Å². The molecule has 88 valence electrons. The molecule has 1 rings (SSSR count). The summed E-state index contributed by atoms with van der Waals surface area (Å²) >= 11 is 3.04. The molecule has 1 amide bonds. The fraction of sp³-hybridized carbons (Fsp3) is 0.364. The minimum atomic E-state index is -0.404. The van der Waals surface area contributed by atoms with Crippen LogP contribution < -0.4 is 11.1 Å². The molecular formula is C11H14BrFN2O. The molecular weight excluding hydrogens is 275 g/mol. The topological polar surface area (TPSA) is 55.1 Å². The van der Waals surface area contributed by atoms with Crippen LogP contribution in [0.15, 0.2) is 22.7 Å². The second-order valence-electron chi connectivity index (χ2n) is 3.46. The van der Waals surface area contributed by atoms with Gasteiger partial charge in [0, 0.05) is 12.2 Å². The Morgan fingerprint density at radius 2 is 2.31 bits per heavy atom. The fourth-order valence-corrected chi connectivity index (χ4v) is 1.52. The van der Waals surface area contributed by atoms with E-state index in [-0.39, 0.29) is 11.8 Å². The van der Waals surface area contributed by atoms with E-state index in [1.54, 1.807) is 12.1 Å². The minimum Gasteiger partial charge on any atom is -0.330 e. The number of benzene rings is 1. The first-order valence-electron chi connectivity index (χ1n) is 5.04. The number of carbonyl (C=O) groups excluding carboxylic acids is 1. The van der Waals surface area contributed by atoms with Crippen molar-refractivity contribution in [2.45, 2.75) is 13.3 Å². The lowest BCUT2D eigenvalue weighted by molar-refractivity contribution is -0.119. The summed E-state index contributed by atoms with van der Waals surface area (Å²) in [4.78, 5) is 11.6. The monoisotopic (exact) mass is 288 g/mol. The highest BCUT2D eigenvalue weighted by Crippen LogP contribution is 2.19. The molecule has 0 spiro atoms. The number of halogens is 2. The van der Waals surface area contributed by atoms with Gasteiger partial charge in [0.25, 0.3) is 0 Å². The zero-order valence-corrected chi connectivity index (χ0v) is 10.6. The summed E-state index contributed by atoms with van der Waals surface area (Å²) in [6, 6.07) is 4.45. The summed E-state index contributed by atoms with van der Waals surface area (Å²) in [5.41, 5.74) is 5.89. The van der Waals surface area contributed by atoms with Gasteiger partial charge in [-0.2, -0.15) is 0 Å². The van der Waals surface area contributed by atoms with E-state index in [0.717, 1.165) is 0 Å². The van der Waals surface area contributed by atoms with Gasteiger partial charge in [0.15, 0.2) is 0 Å². The van der Waals surface area contributed by atoms with Crippen LogP contribution in [-0.2, 0) is 4.79 Å². The lowest BCUT2D eigenvalue weighted by Gasteiger charge is -2.12. The lowest BCUT2D eigenvalue weighted by Crippen LogP contribution is -2.28. The van der Waals surface area contributed by atoms with Crippen LogP contribution in [0.2, 0.25) is 0 Å². The maximum absolute atomic E-state index is 13.2. The first-order valence-corrected chi connectivity index (χ1v) is 5.83. The largest absolute Gasteiger partial charge is 0.330 e. The summed E-state index contributed by atoms with van der Waals surface area (Å²) in [6.07, 6.45) is 0.668. The summed E-state index contributed by atoms with van der Waals surface area (Å²) in [5.74, 6) is -0.808. The third kappa shape index (κ3) is 3.28. The molecule has 0 heterocycles. The Balaban J connectivity index is 2.73. The van der Waals surface area contributed by atoms with Crippen LogP contribution in [-0.4, -0.2) is 12.5 Å². The standard InChI is InChI=1S/C11H14BrFN2O/c1-2-7(6-14)11(16)15-8-3-4-9(12)10(13)5-8/h3-5,7H,2,6,14H2,1H3,(H,15,16). The van der Waals surface area contributed by atoms with E-state index in [1.807, 2.05) is 6.92 Å². The van der Waals surface area contributed by atoms with Crippen LogP contribution in [0.3, 0.4) is 0 Å². The van der Waals surface area contributed by atoms with Gasteiger partial charge >= 0.3 is 0 Å². The molecule has 3 N–H and O–H groups in total. The maximum atomic E-state index is 13.2. The third-order valence-corrected chi connectivity index (χ3v) is 2.98. The molecule has 0 saturated carbocycles. The molecule has 0 fully saturated rings. The van der Waals surface area contributed by atoms with E-state index in [2.05, 4.69) is 21.2 Å². The van der Waals surface area contributed by atoms with Crippen LogP contribution in [0.1, 0.15) is 13.3 Å². The van der Waals surface area contributed by atoms with Crippen molar-refractivity contribution in [2.24, 2.45) is 11.7 Å². The maximum Gasteiger partial charge on any atom is 0.228 e. The molecule has 1 aromatic rings. The van der Waals surface area contributed by atoms with Crippen molar-refractivity contribution in [3.63, 3.8) is 0 Å². The van der Waals surface area contributed by atoms with Crippen LogP contribution in [0, 0.1) is 11.7 Å². The van der Waals surface area contributed by atoms with E-state index < -0.39 is 5.82 Å². The first kappa shape index (κ1) is 13.1. The highest BCUT2D eigenvalue weighted by atomic mass is 79.9. The number of anilines is 1. The number of nitrogens with one attached hydrogen (secondary N) is 1. The van der Waals surface area contributed by atoms with E-state index in [1.165, 1.54) is 6.07 Å². The first-order chi connectivity index (χ1) is 7.58. The zero-order chi connectivity index (χ0) is 12.1. The number of nitrogens with two attached hydrogens (primary N) is 1. The summed E-state index contributed by atoms with van der Waals surface area (Å²) in [7, 11) is 0. The Morgan fingerprint density at radius 1 is 1.62 bits per heavy atom. The smallest absolute Gasteiger partial charge is 0.228 e. The van der Waals surface area contributed by atoms with Crippen LogP contribution in [0.5, 0.6) is 0 Å². The number of rotatable bonds is 4. The molecule has 5 heteroatoms. The summed E-state index contributed by atoms with van der Waals surface area (Å²) in [5, 5.41) is 2.63. The predicted octanol–water partition coefficient (Wildman–Crippen LogP) is 2.51. The Labute approximate surface area is 102 Å². The zero-order valence-electron chi connectivity index (χ0n) is 8.97. The molecule has 0 aliphatic rings. The van der Waals surface area contributed by atoms with E-state index in [4.69, 9.17) is 5.73 Å². The predicted molar refractivity (Wildman–Crippen MR) is 65.6 cm³/mol. The lowest BCUT2D eigenvalue weighted by atomic mass is 10.1. The fourth-order valence-electron chi connectivity index (χ4n) is 1.28. The molecule has 16 heavy (non-hydrogen) atoms. The molecule has 1 aromatic carbocycles. The van der Waals surface area contributed by atoms with Crippen LogP contribution >= 0.6 is 15.9 Å². The number of hydrogen-bond acceptors (Lipinski definition) is 2. The quantitative estimate of drug-likeness (QED) is 0.894. The normalized spacial score (nSPS) is 12.2. The van der Waals surface area contributed by atoms with Gasteiger partial charge in [-0.1, -0.05) is 6.92 Å². The average Bonchev–Trinajstić information content (AvgIpc) is 2.25. The molecule has 0 aliphatic heterocycles. The van der Waals surface area contributed by atoms with Gasteiger partial charge in [-0.3, -0.25) is 4.79 Å². The Morgan fingerprint density at radius 3 is 2.81 bits per heavy atom. The molecule has 0 bridgehead atoms. The number of carbonyl (C=O) groups is 1. The van der Waals surface area contributed by atoms with Crippen molar-refractivity contribution < 1.29 is 9.18 Å². The van der Waals surface area contributed by atoms with E-state index in [9.17, 15) is 9.18 Å². The van der Waals surface area contributed by atoms with Gasteiger partial charge < -0.3 is 11.1 Å². The highest BCUT2D eigenvalue weighted by Gasteiger charge is 2.14. The molecule has 0 radical (unpaired) electrons. The SMILES string of the molecule is CCC(CN)C(=O)Nc1ccc(Br)c(F)c1. The van der Waals surface area contributed by atoms with E-state index in [0.29, 0.717) is 23.1 Å². The Hall–Kier alpha value is -0.940. The van der Waals surface area contributed by atoms with Gasteiger partial charge in [-0.15, -0.1) is 0 Å². The molecule has 3 nitrogen and oxygen atoms in total. The van der Waals surface area contributed by atoms with Crippen molar-refractivity contribution in [3.05, 3.63) is 28.5 Å². The Kier molecular flexibility index (Phi) is 4.89. The number of amides is 1. The minimum absolute atomic E-state index is 0.174. The number of hydrogen-bond donors (Lipinski definition) is 2. The van der Waals surface area contributed by atoms with Gasteiger partial charge in [0.1, 0.15) is 5.82 Å². The van der Waals surface area contributed by atoms with Gasteiger partial charge in [-0.05, 0) is 40.5 Å². The molecule has 0 aliphatic carbocycles. The molecule has 1 atom stereocenters. The van der Waals surface area contributed by atoms with Crippen molar-refractivity contribution in [1.29, 1.82) is 0 Å². The second-order valence-corrected chi connectivity index (χ2v) is 4.31. The Bertz CT molecular complexity index is 380. The van der Waals surface area contributed by atoms with Crippen molar-refractivity contribution in [1.82, 2.24) is 0 Å². The third-order valence-electron chi connectivity index (χ3n) is 2.34. The molecule has 0 aromatic heterocycles. The van der Waals surface area contributed by atoms with Crippen LogP contribution in [0.25, 0.3) is 0 Å². The molecule has 1 unspecified atom stereocenters. The van der Waals surface area contributed by atoms with Gasteiger partial charge in [0.05, 0.1) is 10.4 Å². The van der Waals surface area contributed by atoms with Crippen molar-refractivity contribution in [2.75, 3.05) is 11.9 Å². The van der Waals surface area contributed by atoms with Gasteiger partial charge in [-0.25, -0.2) is 4.39 Å². The molecule has 0 saturated heterocycles. The average molecular weight is 289 g/mol. The highest BCUT2D eigenvalue weighted by molar-refractivity contribution is 9.10. The van der Waals surface area contributed by atoms with E-state index >= 15 is 0 Å².